The Kier molecular flexibility index (Phi) is 2.82. The number of pyridine rings is 1. The average molecular weight is 270 g/mol. The zero-order chi connectivity index (χ0) is 14.5. The second-order valence-electron chi connectivity index (χ2n) is 6.24. The van der Waals surface area contributed by atoms with Gasteiger partial charge >= 0.3 is 7.12 Å². The van der Waals surface area contributed by atoms with Gasteiger partial charge in [0.2, 0.25) is 0 Å². The fraction of sp³-hybridized carbons (Fsp3) is 0.400. The maximum absolute atomic E-state index is 6.07. The van der Waals surface area contributed by atoms with Crippen molar-refractivity contribution in [3.63, 3.8) is 0 Å². The molecule has 1 fully saturated rings. The van der Waals surface area contributed by atoms with Crippen molar-refractivity contribution in [1.29, 1.82) is 0 Å². The van der Waals surface area contributed by atoms with Crippen LogP contribution >= 0.6 is 0 Å². The first kappa shape index (κ1) is 13.4. The number of anilines is 1. The predicted molar refractivity (Wildman–Crippen MR) is 81.9 cm³/mol. The van der Waals surface area contributed by atoms with Crippen LogP contribution in [0.25, 0.3) is 10.8 Å². The molecule has 2 aromatic rings. The van der Waals surface area contributed by atoms with Gasteiger partial charge in [0.1, 0.15) is 5.82 Å². The van der Waals surface area contributed by atoms with Crippen molar-refractivity contribution >= 4 is 29.3 Å². The lowest BCUT2D eigenvalue weighted by Crippen LogP contribution is -2.41. The van der Waals surface area contributed by atoms with E-state index in [-0.39, 0.29) is 11.2 Å². The van der Waals surface area contributed by atoms with E-state index in [0.29, 0.717) is 5.82 Å². The summed E-state index contributed by atoms with van der Waals surface area (Å²) >= 11 is 0. The molecule has 2 heterocycles. The van der Waals surface area contributed by atoms with Crippen LogP contribution in [0, 0.1) is 0 Å². The minimum Gasteiger partial charge on any atom is -0.398 e. The zero-order valence-electron chi connectivity index (χ0n) is 12.3. The molecule has 1 aromatic heterocycles. The second kappa shape index (κ2) is 4.20. The lowest BCUT2D eigenvalue weighted by atomic mass is 9.81. The van der Waals surface area contributed by atoms with Crippen LogP contribution in [0.3, 0.4) is 0 Å². The van der Waals surface area contributed by atoms with Crippen LogP contribution in [0.1, 0.15) is 27.7 Å². The summed E-state index contributed by atoms with van der Waals surface area (Å²) in [6.07, 6.45) is 0. The normalized spacial score (nSPS) is 20.5. The monoisotopic (exact) mass is 270 g/mol. The van der Waals surface area contributed by atoms with Crippen LogP contribution in [-0.2, 0) is 9.31 Å². The zero-order valence-corrected chi connectivity index (χ0v) is 12.3. The summed E-state index contributed by atoms with van der Waals surface area (Å²) in [4.78, 5) is 4.44. The highest BCUT2D eigenvalue weighted by molar-refractivity contribution is 6.64. The molecule has 0 amide bonds. The molecule has 1 aliphatic rings. The number of hydrogen-bond acceptors (Lipinski definition) is 4. The quantitative estimate of drug-likeness (QED) is 0.806. The SMILES string of the molecule is CC1(C)OB(c2nc(N)cc3ccccc23)OC1(C)C. The Morgan fingerprint density at radius 2 is 1.65 bits per heavy atom. The van der Waals surface area contributed by atoms with Gasteiger partial charge in [-0.25, -0.2) is 4.98 Å². The van der Waals surface area contributed by atoms with Crippen molar-refractivity contribution in [3.8, 4) is 0 Å². The molecule has 5 heteroatoms. The third kappa shape index (κ3) is 1.98. The van der Waals surface area contributed by atoms with Gasteiger partial charge in [-0.1, -0.05) is 24.3 Å². The summed E-state index contributed by atoms with van der Waals surface area (Å²) < 4.78 is 12.1. The number of nitrogen functional groups attached to an aromatic ring is 1. The van der Waals surface area contributed by atoms with Gasteiger partial charge in [-0.15, -0.1) is 0 Å². The van der Waals surface area contributed by atoms with Crippen molar-refractivity contribution in [2.24, 2.45) is 0 Å². The van der Waals surface area contributed by atoms with Crippen LogP contribution in [0.15, 0.2) is 30.3 Å². The third-order valence-corrected chi connectivity index (χ3v) is 4.27. The van der Waals surface area contributed by atoms with E-state index in [1.807, 2.05) is 58.0 Å². The van der Waals surface area contributed by atoms with Gasteiger partial charge in [0.15, 0.2) is 0 Å². The molecule has 0 bridgehead atoms. The number of benzene rings is 1. The molecule has 0 unspecified atom stereocenters. The molecule has 1 saturated heterocycles. The van der Waals surface area contributed by atoms with Crippen LogP contribution in [0.2, 0.25) is 0 Å². The molecule has 0 radical (unpaired) electrons. The largest absolute Gasteiger partial charge is 0.515 e. The van der Waals surface area contributed by atoms with Crippen LogP contribution in [0.5, 0.6) is 0 Å². The first-order chi connectivity index (χ1) is 9.30. The number of aromatic nitrogens is 1. The van der Waals surface area contributed by atoms with E-state index in [2.05, 4.69) is 4.98 Å². The summed E-state index contributed by atoms with van der Waals surface area (Å²) in [7, 11) is -0.492. The van der Waals surface area contributed by atoms with E-state index in [9.17, 15) is 0 Å². The Bertz CT molecular complexity index is 654. The topological polar surface area (TPSA) is 57.4 Å². The van der Waals surface area contributed by atoms with Gasteiger partial charge in [0, 0.05) is 0 Å². The van der Waals surface area contributed by atoms with E-state index in [4.69, 9.17) is 15.0 Å². The number of fused-ring (bicyclic) bond motifs is 1. The molecule has 104 valence electrons. The average Bonchev–Trinajstić information content (AvgIpc) is 2.57. The Morgan fingerprint density at radius 1 is 1.05 bits per heavy atom. The van der Waals surface area contributed by atoms with Crippen LogP contribution in [0.4, 0.5) is 5.82 Å². The molecule has 0 aliphatic carbocycles. The molecule has 2 N–H and O–H groups in total. The molecule has 0 saturated carbocycles. The highest BCUT2D eigenvalue weighted by atomic mass is 16.7. The maximum atomic E-state index is 6.07. The van der Waals surface area contributed by atoms with E-state index in [0.717, 1.165) is 16.4 Å². The van der Waals surface area contributed by atoms with E-state index in [1.165, 1.54) is 0 Å². The molecule has 0 spiro atoms. The van der Waals surface area contributed by atoms with Crippen molar-refractivity contribution in [2.45, 2.75) is 38.9 Å². The molecular weight excluding hydrogens is 251 g/mol. The van der Waals surface area contributed by atoms with Gasteiger partial charge in [-0.3, -0.25) is 0 Å². The van der Waals surface area contributed by atoms with Gasteiger partial charge in [0.25, 0.3) is 0 Å². The Morgan fingerprint density at radius 3 is 2.30 bits per heavy atom. The Balaban J connectivity index is 2.12. The second-order valence-corrected chi connectivity index (χ2v) is 6.24. The van der Waals surface area contributed by atoms with Crippen LogP contribution in [-0.4, -0.2) is 23.3 Å². The Labute approximate surface area is 119 Å². The van der Waals surface area contributed by atoms with Crippen LogP contribution < -0.4 is 11.3 Å². The molecule has 0 atom stereocenters. The van der Waals surface area contributed by atoms with E-state index in [1.54, 1.807) is 0 Å². The lowest BCUT2D eigenvalue weighted by molar-refractivity contribution is 0.00578. The standard InChI is InChI=1S/C15H19BN2O2/c1-14(2)15(3,4)20-16(19-14)13-11-8-6-5-7-10(11)9-12(17)18-13/h5-9H,1-4H3,(H2,17,18). The van der Waals surface area contributed by atoms with E-state index < -0.39 is 7.12 Å². The smallest absolute Gasteiger partial charge is 0.398 e. The summed E-state index contributed by atoms with van der Waals surface area (Å²) in [6.45, 7) is 8.12. The van der Waals surface area contributed by atoms with Crippen molar-refractivity contribution in [1.82, 2.24) is 4.98 Å². The number of hydrogen-bond donors (Lipinski definition) is 1. The van der Waals surface area contributed by atoms with Gasteiger partial charge in [0.05, 0.1) is 16.8 Å². The summed E-state index contributed by atoms with van der Waals surface area (Å²) in [6, 6.07) is 9.86. The Hall–Kier alpha value is -1.59. The maximum Gasteiger partial charge on any atom is 0.515 e. The summed E-state index contributed by atoms with van der Waals surface area (Å²) in [5.74, 6) is 0.480. The highest BCUT2D eigenvalue weighted by Crippen LogP contribution is 2.36. The minimum absolute atomic E-state index is 0.384. The summed E-state index contributed by atoms with van der Waals surface area (Å²) in [5.41, 5.74) is 5.89. The van der Waals surface area contributed by atoms with Crippen molar-refractivity contribution in [2.75, 3.05) is 5.73 Å². The number of nitrogens with zero attached hydrogens (tertiary/aromatic N) is 1. The fourth-order valence-electron chi connectivity index (χ4n) is 2.38. The van der Waals surface area contributed by atoms with Crippen molar-refractivity contribution in [3.05, 3.63) is 30.3 Å². The predicted octanol–water partition coefficient (Wildman–Crippen LogP) is 2.12. The molecule has 1 aliphatic heterocycles. The first-order valence-corrected chi connectivity index (χ1v) is 6.81. The van der Waals surface area contributed by atoms with Gasteiger partial charge in [-0.05, 0) is 44.5 Å². The lowest BCUT2D eigenvalue weighted by Gasteiger charge is -2.32. The van der Waals surface area contributed by atoms with Gasteiger partial charge < -0.3 is 15.0 Å². The molecule has 1 aromatic carbocycles. The molecule has 3 rings (SSSR count). The van der Waals surface area contributed by atoms with E-state index >= 15 is 0 Å². The van der Waals surface area contributed by atoms with Crippen molar-refractivity contribution < 1.29 is 9.31 Å². The molecule has 20 heavy (non-hydrogen) atoms. The highest BCUT2D eigenvalue weighted by Gasteiger charge is 2.52. The van der Waals surface area contributed by atoms with Gasteiger partial charge in [-0.2, -0.15) is 0 Å². The number of nitrogens with two attached hydrogens (primary N) is 1. The fourth-order valence-corrected chi connectivity index (χ4v) is 2.38. The molecular formula is C15H19BN2O2. The number of rotatable bonds is 1. The molecule has 4 nitrogen and oxygen atoms in total. The minimum atomic E-state index is -0.492. The summed E-state index contributed by atoms with van der Waals surface area (Å²) in [5, 5.41) is 2.06. The third-order valence-electron chi connectivity index (χ3n) is 4.27. The first-order valence-electron chi connectivity index (χ1n) is 6.81.